The maximum Gasteiger partial charge on any atom is 0.333 e. The molecule has 88 valence electrons. The summed E-state index contributed by atoms with van der Waals surface area (Å²) < 4.78 is 16.8. The molecule has 0 aromatic heterocycles. The van der Waals surface area contributed by atoms with Gasteiger partial charge in [0.15, 0.2) is 0 Å². The van der Waals surface area contributed by atoms with Gasteiger partial charge in [0.25, 0.3) is 0 Å². The smallest absolute Gasteiger partial charge is 0.312 e. The number of hydrogen-bond acceptors (Lipinski definition) is 3. The molecule has 0 bridgehead atoms. The summed E-state index contributed by atoms with van der Waals surface area (Å²) in [5.41, 5.74) is 1.15. The van der Waals surface area contributed by atoms with Gasteiger partial charge in [0.2, 0.25) is 0 Å². The normalized spacial score (nSPS) is 27.6. The van der Waals surface area contributed by atoms with E-state index >= 15 is 0 Å². The zero-order valence-electron chi connectivity index (χ0n) is 9.63. The van der Waals surface area contributed by atoms with E-state index in [-0.39, 0.29) is 12.2 Å². The summed E-state index contributed by atoms with van der Waals surface area (Å²) in [7, 11) is -1.17. The van der Waals surface area contributed by atoms with Crippen LogP contribution in [0, 0.1) is 0 Å². The first kappa shape index (κ1) is 12.0. The molecular weight excluding hydrogens is 223 g/mol. The molecule has 0 saturated carbocycles. The van der Waals surface area contributed by atoms with E-state index in [2.05, 4.69) is 0 Å². The second-order valence-corrected chi connectivity index (χ2v) is 5.05. The van der Waals surface area contributed by atoms with Crippen LogP contribution in [0.3, 0.4) is 0 Å². The Kier molecular flexibility index (Phi) is 4.30. The summed E-state index contributed by atoms with van der Waals surface area (Å²) in [5.74, 6) is 0. The van der Waals surface area contributed by atoms with E-state index in [0.717, 1.165) is 18.6 Å². The highest BCUT2D eigenvalue weighted by molar-refractivity contribution is 7.41. The molecule has 16 heavy (non-hydrogen) atoms. The molecule has 1 saturated heterocycles. The Morgan fingerprint density at radius 3 is 2.81 bits per heavy atom. The summed E-state index contributed by atoms with van der Waals surface area (Å²) in [4.78, 5) is 0. The second kappa shape index (κ2) is 5.74. The molecule has 4 heteroatoms. The lowest BCUT2D eigenvalue weighted by atomic mass is 10.1. The average molecular weight is 240 g/mol. The maximum atomic E-state index is 5.77. The fourth-order valence-electron chi connectivity index (χ4n) is 1.49. The van der Waals surface area contributed by atoms with Gasteiger partial charge >= 0.3 is 8.60 Å². The van der Waals surface area contributed by atoms with Gasteiger partial charge in [0.05, 0.1) is 18.8 Å². The number of benzene rings is 1. The molecule has 0 spiro atoms. The van der Waals surface area contributed by atoms with Crippen molar-refractivity contribution in [2.45, 2.75) is 32.5 Å². The minimum Gasteiger partial charge on any atom is -0.312 e. The predicted octanol–water partition coefficient (Wildman–Crippen LogP) is 3.82. The van der Waals surface area contributed by atoms with Crippen LogP contribution in [-0.2, 0) is 13.6 Å². The number of hydrogen-bond donors (Lipinski definition) is 0. The van der Waals surface area contributed by atoms with E-state index in [1.165, 1.54) is 0 Å². The highest BCUT2D eigenvalue weighted by atomic mass is 31.2. The molecule has 0 aliphatic carbocycles. The second-order valence-electron chi connectivity index (χ2n) is 3.92. The van der Waals surface area contributed by atoms with E-state index in [9.17, 15) is 0 Å². The summed E-state index contributed by atoms with van der Waals surface area (Å²) in [6.07, 6.45) is 1.20. The van der Waals surface area contributed by atoms with Crippen LogP contribution < -0.4 is 0 Å². The molecule has 1 aromatic rings. The van der Waals surface area contributed by atoms with E-state index in [1.54, 1.807) is 0 Å². The van der Waals surface area contributed by atoms with Crippen molar-refractivity contribution in [3.05, 3.63) is 35.9 Å². The Bertz CT molecular complexity index is 317. The van der Waals surface area contributed by atoms with Gasteiger partial charge in [0, 0.05) is 0 Å². The van der Waals surface area contributed by atoms with Crippen LogP contribution >= 0.6 is 8.60 Å². The van der Waals surface area contributed by atoms with E-state index < -0.39 is 8.60 Å². The lowest BCUT2D eigenvalue weighted by molar-refractivity contribution is 0.0549. The van der Waals surface area contributed by atoms with Gasteiger partial charge in [-0.15, -0.1) is 0 Å². The van der Waals surface area contributed by atoms with Crippen LogP contribution in [0.2, 0.25) is 0 Å². The molecule has 0 amide bonds. The first-order valence-electron chi connectivity index (χ1n) is 5.57. The van der Waals surface area contributed by atoms with Gasteiger partial charge < -0.3 is 13.6 Å². The SMILES string of the molecule is C[C@@H]1CCO[P@@](O[C@H](C)c2ccccc2)O1. The third-order valence-electron chi connectivity index (χ3n) is 2.50. The van der Waals surface area contributed by atoms with Crippen LogP contribution in [0.25, 0.3) is 0 Å². The molecule has 1 aromatic carbocycles. The summed E-state index contributed by atoms with van der Waals surface area (Å²) >= 11 is 0. The molecule has 1 heterocycles. The fourth-order valence-corrected chi connectivity index (χ4v) is 2.70. The van der Waals surface area contributed by atoms with Crippen molar-refractivity contribution in [3.8, 4) is 0 Å². The Morgan fingerprint density at radius 2 is 2.12 bits per heavy atom. The minimum absolute atomic E-state index is 0.0117. The molecule has 3 nitrogen and oxygen atoms in total. The van der Waals surface area contributed by atoms with Crippen molar-refractivity contribution in [2.24, 2.45) is 0 Å². The molecule has 0 N–H and O–H groups in total. The van der Waals surface area contributed by atoms with Crippen molar-refractivity contribution in [3.63, 3.8) is 0 Å². The lowest BCUT2D eigenvalue weighted by Crippen LogP contribution is -2.16. The third-order valence-corrected chi connectivity index (χ3v) is 3.91. The third kappa shape index (κ3) is 3.26. The summed E-state index contributed by atoms with van der Waals surface area (Å²) in [6.45, 7) is 4.80. The van der Waals surface area contributed by atoms with Crippen molar-refractivity contribution >= 4 is 8.60 Å². The Labute approximate surface area is 97.7 Å². The number of rotatable bonds is 3. The van der Waals surface area contributed by atoms with Crippen LogP contribution in [0.15, 0.2) is 30.3 Å². The molecule has 1 aliphatic rings. The van der Waals surface area contributed by atoms with Gasteiger partial charge in [-0.3, -0.25) is 0 Å². The zero-order valence-corrected chi connectivity index (χ0v) is 10.5. The highest BCUT2D eigenvalue weighted by Gasteiger charge is 2.24. The minimum atomic E-state index is -1.17. The average Bonchev–Trinajstić information content (AvgIpc) is 2.30. The van der Waals surface area contributed by atoms with Gasteiger partial charge in [-0.1, -0.05) is 30.3 Å². The molecule has 0 radical (unpaired) electrons. The monoisotopic (exact) mass is 240 g/mol. The van der Waals surface area contributed by atoms with Crippen LogP contribution in [-0.4, -0.2) is 12.7 Å². The standard InChI is InChI=1S/C12H17O3P/c1-10-8-9-13-16(14-10)15-11(2)12-6-4-3-5-7-12/h3-7,10-11H,8-9H2,1-2H3/t10-,11-,16-/m1/s1. The molecule has 3 atom stereocenters. The van der Waals surface area contributed by atoms with Crippen molar-refractivity contribution in [2.75, 3.05) is 6.61 Å². The van der Waals surface area contributed by atoms with Crippen LogP contribution in [0.5, 0.6) is 0 Å². The molecule has 1 fully saturated rings. The molecule has 2 rings (SSSR count). The lowest BCUT2D eigenvalue weighted by Gasteiger charge is -2.27. The largest absolute Gasteiger partial charge is 0.333 e. The van der Waals surface area contributed by atoms with Crippen LogP contribution in [0.1, 0.15) is 31.9 Å². The Balaban J connectivity index is 1.89. The van der Waals surface area contributed by atoms with E-state index in [4.69, 9.17) is 13.6 Å². The van der Waals surface area contributed by atoms with Gasteiger partial charge in [-0.05, 0) is 25.8 Å². The Morgan fingerprint density at radius 1 is 1.38 bits per heavy atom. The first-order chi connectivity index (χ1) is 7.75. The fraction of sp³-hybridized carbons (Fsp3) is 0.500. The highest BCUT2D eigenvalue weighted by Crippen LogP contribution is 2.48. The zero-order chi connectivity index (χ0) is 11.4. The van der Waals surface area contributed by atoms with Gasteiger partial charge in [0.1, 0.15) is 0 Å². The maximum absolute atomic E-state index is 5.77. The molecule has 1 aliphatic heterocycles. The predicted molar refractivity (Wildman–Crippen MR) is 64.0 cm³/mol. The van der Waals surface area contributed by atoms with E-state index in [1.807, 2.05) is 44.2 Å². The molecular formula is C12H17O3P. The first-order valence-corrected chi connectivity index (χ1v) is 6.67. The topological polar surface area (TPSA) is 27.7 Å². The summed E-state index contributed by atoms with van der Waals surface area (Å²) in [6, 6.07) is 10.1. The van der Waals surface area contributed by atoms with Gasteiger partial charge in [-0.2, -0.15) is 0 Å². The van der Waals surface area contributed by atoms with Crippen LogP contribution in [0.4, 0.5) is 0 Å². The Hall–Kier alpha value is -0.470. The molecule has 0 unspecified atom stereocenters. The van der Waals surface area contributed by atoms with E-state index in [0.29, 0.717) is 0 Å². The van der Waals surface area contributed by atoms with Crippen molar-refractivity contribution < 1.29 is 13.6 Å². The quantitative estimate of drug-likeness (QED) is 0.752. The van der Waals surface area contributed by atoms with Gasteiger partial charge in [-0.25, -0.2) is 0 Å². The van der Waals surface area contributed by atoms with Crippen molar-refractivity contribution in [1.29, 1.82) is 0 Å². The summed E-state index contributed by atoms with van der Waals surface area (Å²) in [5, 5.41) is 0. The van der Waals surface area contributed by atoms with Crippen molar-refractivity contribution in [1.82, 2.24) is 0 Å².